The van der Waals surface area contributed by atoms with Crippen LogP contribution in [0.15, 0.2) is 54.6 Å². The number of methoxy groups -OCH3 is 1. The van der Waals surface area contributed by atoms with E-state index in [4.69, 9.17) is 9.47 Å². The summed E-state index contributed by atoms with van der Waals surface area (Å²) in [6.45, 7) is 3.01. The highest BCUT2D eigenvalue weighted by Crippen LogP contribution is 2.31. The van der Waals surface area contributed by atoms with E-state index in [1.807, 2.05) is 30.3 Å². The van der Waals surface area contributed by atoms with Crippen LogP contribution >= 0.6 is 0 Å². The van der Waals surface area contributed by atoms with Crippen LogP contribution in [0.4, 0.5) is 5.69 Å². The first-order valence-corrected chi connectivity index (χ1v) is 10.1. The molecule has 2 bridgehead atoms. The van der Waals surface area contributed by atoms with Crippen molar-refractivity contribution in [3.05, 3.63) is 65.7 Å². The minimum atomic E-state index is -0.653. The maximum Gasteiger partial charge on any atom is 0.337 e. The molecule has 5 rings (SSSR count). The number of nitrogens with zero attached hydrogens (tertiary/aromatic N) is 1. The number of rotatable bonds is 6. The average molecular weight is 394 g/mol. The van der Waals surface area contributed by atoms with Crippen LogP contribution in [0.5, 0.6) is 0 Å². The molecule has 2 aromatic rings. The predicted octanol–water partition coefficient (Wildman–Crippen LogP) is 3.26. The summed E-state index contributed by atoms with van der Waals surface area (Å²) in [6.07, 6.45) is 2.12. The quantitative estimate of drug-likeness (QED) is 0.759. The van der Waals surface area contributed by atoms with Crippen molar-refractivity contribution in [2.24, 2.45) is 5.92 Å². The lowest BCUT2D eigenvalue weighted by atomic mass is 9.86. The molecule has 29 heavy (non-hydrogen) atoms. The molecule has 6 heteroatoms. The molecule has 0 amide bonds. The highest BCUT2D eigenvalue weighted by atomic mass is 16.5. The summed E-state index contributed by atoms with van der Waals surface area (Å²) in [5.74, 6) is -0.250. The Morgan fingerprint density at radius 1 is 1.03 bits per heavy atom. The number of carbonyl (C=O) groups is 2. The second kappa shape index (κ2) is 8.66. The summed E-state index contributed by atoms with van der Waals surface area (Å²) in [5, 5.41) is 3.29. The topological polar surface area (TPSA) is 67.9 Å². The van der Waals surface area contributed by atoms with Gasteiger partial charge in [0.15, 0.2) is 6.04 Å². The zero-order valence-corrected chi connectivity index (χ0v) is 16.5. The fourth-order valence-electron chi connectivity index (χ4n) is 4.17. The van der Waals surface area contributed by atoms with Crippen LogP contribution < -0.4 is 5.32 Å². The fraction of sp³-hybridized carbons (Fsp3) is 0.391. The second-order valence-electron chi connectivity index (χ2n) is 7.67. The van der Waals surface area contributed by atoms with Gasteiger partial charge in [-0.05, 0) is 61.7 Å². The molecule has 3 fully saturated rings. The molecule has 2 aromatic carbocycles. The zero-order valence-electron chi connectivity index (χ0n) is 16.5. The van der Waals surface area contributed by atoms with Gasteiger partial charge in [-0.25, -0.2) is 9.59 Å². The van der Waals surface area contributed by atoms with Crippen LogP contribution in [0.2, 0.25) is 0 Å². The Hall–Kier alpha value is -2.86. The Labute approximate surface area is 170 Å². The van der Waals surface area contributed by atoms with E-state index >= 15 is 0 Å². The smallest absolute Gasteiger partial charge is 0.337 e. The molecule has 3 heterocycles. The summed E-state index contributed by atoms with van der Waals surface area (Å²) in [5.41, 5.74) is 2.02. The minimum absolute atomic E-state index is 0.0561. The molecule has 152 valence electrons. The number of para-hydroxylation sites is 1. The van der Waals surface area contributed by atoms with Crippen LogP contribution in [-0.4, -0.2) is 49.7 Å². The fourth-order valence-corrected chi connectivity index (χ4v) is 4.17. The third-order valence-corrected chi connectivity index (χ3v) is 5.85. The van der Waals surface area contributed by atoms with Crippen molar-refractivity contribution >= 4 is 17.6 Å². The van der Waals surface area contributed by atoms with Crippen LogP contribution in [0.3, 0.4) is 0 Å². The van der Waals surface area contributed by atoms with Crippen molar-refractivity contribution in [3.8, 4) is 0 Å². The number of anilines is 1. The van der Waals surface area contributed by atoms with Gasteiger partial charge >= 0.3 is 11.9 Å². The Morgan fingerprint density at radius 2 is 1.72 bits per heavy atom. The summed E-state index contributed by atoms with van der Waals surface area (Å²) >= 11 is 0. The number of hydrogen-bond acceptors (Lipinski definition) is 6. The molecule has 3 saturated heterocycles. The lowest BCUT2D eigenvalue weighted by Gasteiger charge is -2.44. The number of esters is 2. The Bertz CT molecular complexity index is 845. The van der Waals surface area contributed by atoms with Gasteiger partial charge in [0.25, 0.3) is 0 Å². The molecule has 3 aliphatic heterocycles. The number of carbonyl (C=O) groups excluding carboxylic acids is 2. The van der Waals surface area contributed by atoms with Gasteiger partial charge < -0.3 is 14.8 Å². The van der Waals surface area contributed by atoms with Gasteiger partial charge in [0.1, 0.15) is 6.10 Å². The first-order valence-electron chi connectivity index (χ1n) is 10.1. The van der Waals surface area contributed by atoms with E-state index in [0.29, 0.717) is 11.5 Å². The molecule has 6 nitrogen and oxygen atoms in total. The van der Waals surface area contributed by atoms with E-state index in [9.17, 15) is 9.59 Å². The third kappa shape index (κ3) is 4.43. The van der Waals surface area contributed by atoms with Crippen LogP contribution in [0, 0.1) is 5.92 Å². The van der Waals surface area contributed by atoms with Gasteiger partial charge in [-0.2, -0.15) is 0 Å². The number of hydrogen-bond donors (Lipinski definition) is 1. The van der Waals surface area contributed by atoms with Crippen molar-refractivity contribution in [2.45, 2.75) is 25.0 Å². The molecule has 3 aliphatic rings. The van der Waals surface area contributed by atoms with Crippen molar-refractivity contribution in [1.82, 2.24) is 4.90 Å². The molecular weight excluding hydrogens is 368 g/mol. The third-order valence-electron chi connectivity index (χ3n) is 5.85. The highest BCUT2D eigenvalue weighted by molar-refractivity contribution is 5.89. The van der Waals surface area contributed by atoms with Crippen molar-refractivity contribution in [2.75, 3.05) is 32.1 Å². The molecule has 0 aromatic heterocycles. The molecular formula is C23H26N2O4. The summed E-state index contributed by atoms with van der Waals surface area (Å²) in [6, 6.07) is 15.8. The summed E-state index contributed by atoms with van der Waals surface area (Å²) in [7, 11) is 1.35. The maximum atomic E-state index is 13.2. The van der Waals surface area contributed by atoms with Gasteiger partial charge in [-0.1, -0.05) is 30.3 Å². The van der Waals surface area contributed by atoms with E-state index in [1.165, 1.54) is 7.11 Å². The first-order chi connectivity index (χ1) is 14.1. The molecule has 0 radical (unpaired) electrons. The Balaban J connectivity index is 1.54. The first kappa shape index (κ1) is 19.5. The zero-order chi connectivity index (χ0) is 20.2. The van der Waals surface area contributed by atoms with Gasteiger partial charge in [-0.3, -0.25) is 4.90 Å². The highest BCUT2D eigenvalue weighted by Gasteiger charge is 2.38. The standard InChI is InChI=1S/C23H26N2O4/c1-28-22(26)18-9-7-17(8-10-18)21(24-19-5-3-2-4-6-19)23(27)29-20-15-25-13-11-16(20)12-14-25/h2-10,16,20-21,24H,11-15H2,1H3. The predicted molar refractivity (Wildman–Crippen MR) is 110 cm³/mol. The summed E-state index contributed by atoms with van der Waals surface area (Å²) < 4.78 is 10.7. The van der Waals surface area contributed by atoms with E-state index in [0.717, 1.165) is 43.7 Å². The van der Waals surface area contributed by atoms with Crippen molar-refractivity contribution in [3.63, 3.8) is 0 Å². The van der Waals surface area contributed by atoms with E-state index in [-0.39, 0.29) is 12.1 Å². The van der Waals surface area contributed by atoms with Crippen LogP contribution in [-0.2, 0) is 14.3 Å². The van der Waals surface area contributed by atoms with Gasteiger partial charge in [0, 0.05) is 12.2 Å². The van der Waals surface area contributed by atoms with Gasteiger partial charge in [-0.15, -0.1) is 0 Å². The SMILES string of the molecule is COC(=O)c1ccc(C(Nc2ccccc2)C(=O)OC2CN3CCC2CC3)cc1. The molecule has 1 N–H and O–H groups in total. The van der Waals surface area contributed by atoms with E-state index in [1.54, 1.807) is 24.3 Å². The van der Waals surface area contributed by atoms with Crippen molar-refractivity contribution < 1.29 is 19.1 Å². The lowest BCUT2D eigenvalue weighted by Crippen LogP contribution is -2.52. The number of piperidine rings is 3. The van der Waals surface area contributed by atoms with Gasteiger partial charge in [0.2, 0.25) is 0 Å². The second-order valence-corrected chi connectivity index (χ2v) is 7.67. The maximum absolute atomic E-state index is 13.2. The molecule has 0 saturated carbocycles. The molecule has 2 unspecified atom stereocenters. The molecule has 0 aliphatic carbocycles. The minimum Gasteiger partial charge on any atom is -0.465 e. The lowest BCUT2D eigenvalue weighted by molar-refractivity contribution is -0.159. The number of fused-ring (bicyclic) bond motifs is 3. The summed E-state index contributed by atoms with van der Waals surface area (Å²) in [4.78, 5) is 27.3. The average Bonchev–Trinajstić information content (AvgIpc) is 2.78. The number of nitrogens with one attached hydrogen (secondary N) is 1. The normalized spacial score (nSPS) is 23.8. The number of ether oxygens (including phenoxy) is 2. The molecule has 0 spiro atoms. The van der Waals surface area contributed by atoms with Gasteiger partial charge in [0.05, 0.1) is 12.7 Å². The molecule has 2 atom stereocenters. The Kier molecular flexibility index (Phi) is 5.81. The van der Waals surface area contributed by atoms with Crippen molar-refractivity contribution in [1.29, 1.82) is 0 Å². The van der Waals surface area contributed by atoms with E-state index < -0.39 is 12.0 Å². The monoisotopic (exact) mass is 394 g/mol. The largest absolute Gasteiger partial charge is 0.465 e. The van der Waals surface area contributed by atoms with E-state index in [2.05, 4.69) is 10.2 Å². The van der Waals surface area contributed by atoms with Crippen LogP contribution in [0.1, 0.15) is 34.8 Å². The van der Waals surface area contributed by atoms with Crippen LogP contribution in [0.25, 0.3) is 0 Å². The number of benzene rings is 2. The Morgan fingerprint density at radius 3 is 2.31 bits per heavy atom.